The van der Waals surface area contributed by atoms with Crippen LogP contribution in [0.25, 0.3) is 22.0 Å². The number of nitrogens with zero attached hydrogens (tertiary/aromatic N) is 2. The minimum absolute atomic E-state index is 0.0267. The molecule has 1 amide bonds. The van der Waals surface area contributed by atoms with Crippen molar-refractivity contribution in [2.75, 3.05) is 0 Å². The van der Waals surface area contributed by atoms with Crippen LogP contribution >= 0.6 is 0 Å². The lowest BCUT2D eigenvalue weighted by atomic mass is 10.0. The number of aromatic nitrogens is 2. The molecule has 0 unspecified atom stereocenters. The number of benzene rings is 2. The molecule has 3 rings (SSSR count). The van der Waals surface area contributed by atoms with E-state index in [2.05, 4.69) is 9.82 Å². The van der Waals surface area contributed by atoms with Crippen LogP contribution in [-0.4, -0.2) is 29.9 Å². The zero-order valence-corrected chi connectivity index (χ0v) is 19.2. The second-order valence-electron chi connectivity index (χ2n) is 8.14. The third-order valence-electron chi connectivity index (χ3n) is 4.48. The Morgan fingerprint density at radius 3 is 2.28 bits per heavy atom. The van der Waals surface area contributed by atoms with E-state index in [-0.39, 0.29) is 12.1 Å². The highest BCUT2D eigenvalue weighted by molar-refractivity contribution is 7.88. The molecule has 0 fully saturated rings. The molecular formula is C22H26N4O5S. The Bertz CT molecular complexity index is 1290. The summed E-state index contributed by atoms with van der Waals surface area (Å²) in [6.07, 6.45) is -1.05. The van der Waals surface area contributed by atoms with Crippen LogP contribution in [0, 0.1) is 0 Å². The van der Waals surface area contributed by atoms with E-state index in [1.807, 2.05) is 42.0 Å². The fourth-order valence-electron chi connectivity index (χ4n) is 3.07. The van der Waals surface area contributed by atoms with Crippen LogP contribution in [0.3, 0.4) is 0 Å². The van der Waals surface area contributed by atoms with Crippen molar-refractivity contribution in [3.63, 3.8) is 0 Å². The number of rotatable bonds is 6. The zero-order chi connectivity index (χ0) is 23.5. The Morgan fingerprint density at radius 2 is 1.69 bits per heavy atom. The van der Waals surface area contributed by atoms with Crippen molar-refractivity contribution in [2.45, 2.75) is 46.4 Å². The van der Waals surface area contributed by atoms with E-state index in [4.69, 9.17) is 4.74 Å². The molecule has 0 aliphatic heterocycles. The minimum atomic E-state index is -4.08. The molecule has 3 aromatic rings. The normalized spacial score (nSPS) is 12.0. The first kappa shape index (κ1) is 23.4. The summed E-state index contributed by atoms with van der Waals surface area (Å²) in [5.74, 6) is 0. The maximum atomic E-state index is 12.5. The van der Waals surface area contributed by atoms with E-state index in [0.717, 1.165) is 10.9 Å². The van der Waals surface area contributed by atoms with E-state index >= 15 is 0 Å². The van der Waals surface area contributed by atoms with E-state index in [1.165, 1.54) is 4.68 Å². The molecule has 32 heavy (non-hydrogen) atoms. The van der Waals surface area contributed by atoms with Gasteiger partial charge in [-0.15, -0.1) is 0 Å². The van der Waals surface area contributed by atoms with E-state index < -0.39 is 21.9 Å². The van der Waals surface area contributed by atoms with Crippen LogP contribution < -0.4 is 15.0 Å². The average molecular weight is 459 g/mol. The van der Waals surface area contributed by atoms with Gasteiger partial charge < -0.3 is 4.74 Å². The van der Waals surface area contributed by atoms with Crippen molar-refractivity contribution in [3.05, 3.63) is 64.4 Å². The Hall–Kier alpha value is -3.24. The molecule has 0 saturated heterocycles. The number of hydrogen-bond donors (Lipinski definition) is 2. The number of nitrogens with one attached hydrogen (secondary N) is 2. The molecule has 2 aromatic carbocycles. The summed E-state index contributed by atoms with van der Waals surface area (Å²) >= 11 is 0. The smallest absolute Gasteiger partial charge is 0.422 e. The monoisotopic (exact) mass is 458 g/mol. The van der Waals surface area contributed by atoms with Gasteiger partial charge in [0.05, 0.1) is 11.1 Å². The summed E-state index contributed by atoms with van der Waals surface area (Å²) in [5, 5.41) is 5.83. The molecule has 0 bridgehead atoms. The van der Waals surface area contributed by atoms with Crippen molar-refractivity contribution in [1.29, 1.82) is 0 Å². The maximum absolute atomic E-state index is 12.5. The molecule has 9 nitrogen and oxygen atoms in total. The fraction of sp³-hybridized carbons (Fsp3) is 0.318. The summed E-state index contributed by atoms with van der Waals surface area (Å²) < 4.78 is 34.6. The Balaban J connectivity index is 1.77. The van der Waals surface area contributed by atoms with Crippen LogP contribution in [-0.2, 0) is 28.0 Å². The lowest BCUT2D eigenvalue weighted by molar-refractivity contribution is 0.0569. The summed E-state index contributed by atoms with van der Waals surface area (Å²) in [6, 6.07) is 14.4. The highest BCUT2D eigenvalue weighted by atomic mass is 32.2. The van der Waals surface area contributed by atoms with Crippen molar-refractivity contribution in [3.8, 4) is 11.3 Å². The molecule has 0 radical (unpaired) electrons. The fourth-order valence-corrected chi connectivity index (χ4v) is 3.76. The Labute approximate surface area is 186 Å². The molecule has 0 aliphatic carbocycles. The van der Waals surface area contributed by atoms with Crippen molar-refractivity contribution >= 4 is 27.1 Å². The van der Waals surface area contributed by atoms with E-state index in [1.54, 1.807) is 39.0 Å². The van der Waals surface area contributed by atoms with Gasteiger partial charge in [-0.3, -0.25) is 4.79 Å². The lowest BCUT2D eigenvalue weighted by Gasteiger charge is -2.19. The number of carbonyl (C=O) groups is 1. The molecule has 0 aliphatic rings. The van der Waals surface area contributed by atoms with Crippen LogP contribution in [0.2, 0.25) is 0 Å². The third-order valence-corrected chi connectivity index (χ3v) is 5.44. The highest BCUT2D eigenvalue weighted by Crippen LogP contribution is 2.25. The van der Waals surface area contributed by atoms with Gasteiger partial charge in [0, 0.05) is 24.0 Å². The van der Waals surface area contributed by atoms with Gasteiger partial charge in [-0.1, -0.05) is 42.5 Å². The number of aryl methyl sites for hydroxylation is 1. The van der Waals surface area contributed by atoms with Crippen LogP contribution in [0.15, 0.2) is 53.3 Å². The molecule has 0 atom stereocenters. The molecule has 1 aromatic heterocycles. The van der Waals surface area contributed by atoms with Crippen LogP contribution in [0.4, 0.5) is 4.79 Å². The number of carbonyl (C=O) groups excluding carboxylic acids is 1. The molecule has 1 heterocycles. The zero-order valence-electron chi connectivity index (χ0n) is 18.4. The summed E-state index contributed by atoms with van der Waals surface area (Å²) in [6.45, 7) is 7.19. The van der Waals surface area contributed by atoms with E-state index in [9.17, 15) is 18.0 Å². The first-order chi connectivity index (χ1) is 15.0. The average Bonchev–Trinajstić information content (AvgIpc) is 2.71. The Morgan fingerprint density at radius 1 is 1.06 bits per heavy atom. The predicted octanol–water partition coefficient (Wildman–Crippen LogP) is 2.94. The Kier molecular flexibility index (Phi) is 6.65. The number of hydrogen-bond acceptors (Lipinski definition) is 6. The van der Waals surface area contributed by atoms with Gasteiger partial charge in [0.2, 0.25) is 0 Å². The standard InChI is InChI=1S/C22H26N4O5S/c1-5-26-20(27)18-9-7-6-8-17(18)19(24-26)16-12-10-15(11-13-16)14-23-32(29,30)25-21(28)31-22(2,3)4/h6-13,23H,5,14H2,1-4H3,(H,25,28). The van der Waals surface area contributed by atoms with Gasteiger partial charge in [0.15, 0.2) is 0 Å². The molecule has 2 N–H and O–H groups in total. The number of ether oxygens (including phenoxy) is 1. The molecule has 10 heteroatoms. The second-order valence-corrected chi connectivity index (χ2v) is 9.64. The van der Waals surface area contributed by atoms with Crippen LogP contribution in [0.1, 0.15) is 33.3 Å². The predicted molar refractivity (Wildman–Crippen MR) is 122 cm³/mol. The van der Waals surface area contributed by atoms with Gasteiger partial charge in [-0.25, -0.2) is 14.2 Å². The first-order valence-electron chi connectivity index (χ1n) is 10.1. The number of fused-ring (bicyclic) bond motifs is 1. The van der Waals surface area contributed by atoms with Crippen molar-refractivity contribution in [1.82, 2.24) is 19.2 Å². The second kappa shape index (κ2) is 9.09. The lowest BCUT2D eigenvalue weighted by Crippen LogP contribution is -2.42. The molecule has 170 valence electrons. The van der Waals surface area contributed by atoms with E-state index in [0.29, 0.717) is 23.2 Å². The summed E-state index contributed by atoms with van der Waals surface area (Å²) in [7, 11) is -4.08. The van der Waals surface area contributed by atoms with Gasteiger partial charge in [-0.2, -0.15) is 18.2 Å². The first-order valence-corrected chi connectivity index (χ1v) is 11.6. The molecule has 0 spiro atoms. The minimum Gasteiger partial charge on any atom is -0.443 e. The summed E-state index contributed by atoms with van der Waals surface area (Å²) in [4.78, 5) is 24.2. The van der Waals surface area contributed by atoms with Gasteiger partial charge in [0.25, 0.3) is 5.56 Å². The molecule has 0 saturated carbocycles. The third kappa shape index (κ3) is 5.71. The van der Waals surface area contributed by atoms with Gasteiger partial charge in [-0.05, 0) is 39.3 Å². The van der Waals surface area contributed by atoms with Crippen LogP contribution in [0.5, 0.6) is 0 Å². The quantitative estimate of drug-likeness (QED) is 0.586. The highest BCUT2D eigenvalue weighted by Gasteiger charge is 2.21. The van der Waals surface area contributed by atoms with Gasteiger partial charge >= 0.3 is 16.3 Å². The summed E-state index contributed by atoms with van der Waals surface area (Å²) in [5.41, 5.74) is 1.18. The topological polar surface area (TPSA) is 119 Å². The van der Waals surface area contributed by atoms with Crippen molar-refractivity contribution in [2.24, 2.45) is 0 Å². The SMILES string of the molecule is CCn1nc(-c2ccc(CNS(=O)(=O)NC(=O)OC(C)(C)C)cc2)c2ccccc2c1=O. The maximum Gasteiger partial charge on any atom is 0.422 e. The van der Waals surface area contributed by atoms with Crippen molar-refractivity contribution < 1.29 is 17.9 Å². The largest absolute Gasteiger partial charge is 0.443 e. The number of amides is 1. The molecular weight excluding hydrogens is 432 g/mol. The van der Waals surface area contributed by atoms with Gasteiger partial charge in [0.1, 0.15) is 5.60 Å².